The Morgan fingerprint density at radius 3 is 2.87 bits per heavy atom. The second-order valence-corrected chi connectivity index (χ2v) is 4.01. The first-order chi connectivity index (χ1) is 7.22. The normalized spacial score (nSPS) is 15.1. The molecule has 0 saturated heterocycles. The molecule has 1 aliphatic carbocycles. The van der Waals surface area contributed by atoms with Crippen LogP contribution in [-0.2, 0) is 4.74 Å². The SMILES string of the molecule is O=C(OCBr)c1cc(C2CC2)ccc1F. The van der Waals surface area contributed by atoms with Gasteiger partial charge in [-0.1, -0.05) is 6.07 Å². The Bertz CT molecular complexity index is 388. The summed E-state index contributed by atoms with van der Waals surface area (Å²) in [5.74, 6) is -0.640. The average molecular weight is 273 g/mol. The minimum absolute atomic E-state index is 0.0267. The zero-order valence-electron chi connectivity index (χ0n) is 8.00. The van der Waals surface area contributed by atoms with Gasteiger partial charge in [0.05, 0.1) is 5.56 Å². The lowest BCUT2D eigenvalue weighted by Gasteiger charge is -2.04. The van der Waals surface area contributed by atoms with Crippen LogP contribution in [0.4, 0.5) is 4.39 Å². The Morgan fingerprint density at radius 2 is 2.27 bits per heavy atom. The van der Waals surface area contributed by atoms with E-state index in [4.69, 9.17) is 4.74 Å². The highest BCUT2D eigenvalue weighted by molar-refractivity contribution is 9.09. The molecule has 0 atom stereocenters. The van der Waals surface area contributed by atoms with E-state index in [9.17, 15) is 9.18 Å². The fourth-order valence-corrected chi connectivity index (χ4v) is 1.71. The first-order valence-electron chi connectivity index (χ1n) is 4.75. The van der Waals surface area contributed by atoms with Crippen molar-refractivity contribution >= 4 is 21.9 Å². The van der Waals surface area contributed by atoms with Gasteiger partial charge in [-0.2, -0.15) is 0 Å². The summed E-state index contributed by atoms with van der Waals surface area (Å²) in [6, 6.07) is 4.66. The number of esters is 1. The third-order valence-corrected chi connectivity index (χ3v) is 2.67. The predicted octanol–water partition coefficient (Wildman–Crippen LogP) is 3.21. The van der Waals surface area contributed by atoms with Crippen molar-refractivity contribution < 1.29 is 13.9 Å². The molecule has 1 aliphatic rings. The van der Waals surface area contributed by atoms with Gasteiger partial charge in [0.1, 0.15) is 11.3 Å². The van der Waals surface area contributed by atoms with Gasteiger partial charge in [-0.25, -0.2) is 9.18 Å². The van der Waals surface area contributed by atoms with Crippen LogP contribution < -0.4 is 0 Å². The Morgan fingerprint density at radius 1 is 1.53 bits per heavy atom. The van der Waals surface area contributed by atoms with Crippen molar-refractivity contribution in [3.8, 4) is 0 Å². The number of rotatable bonds is 3. The molecule has 0 N–H and O–H groups in total. The van der Waals surface area contributed by atoms with E-state index < -0.39 is 11.8 Å². The molecule has 1 aromatic rings. The predicted molar refractivity (Wildman–Crippen MR) is 57.6 cm³/mol. The average Bonchev–Trinajstić information content (AvgIpc) is 3.02. The maximum absolute atomic E-state index is 13.3. The van der Waals surface area contributed by atoms with Crippen LogP contribution in [0.25, 0.3) is 0 Å². The monoisotopic (exact) mass is 272 g/mol. The zero-order chi connectivity index (χ0) is 10.8. The first kappa shape index (κ1) is 10.6. The lowest BCUT2D eigenvalue weighted by Crippen LogP contribution is -2.06. The van der Waals surface area contributed by atoms with Crippen LogP contribution in [0.1, 0.15) is 34.7 Å². The van der Waals surface area contributed by atoms with E-state index in [0.29, 0.717) is 5.92 Å². The fourth-order valence-electron chi connectivity index (χ4n) is 1.50. The van der Waals surface area contributed by atoms with E-state index >= 15 is 0 Å². The number of hydrogen-bond donors (Lipinski definition) is 0. The topological polar surface area (TPSA) is 26.3 Å². The molecule has 0 bridgehead atoms. The summed E-state index contributed by atoms with van der Waals surface area (Å²) in [6.45, 7) is 0. The van der Waals surface area contributed by atoms with E-state index in [1.165, 1.54) is 6.07 Å². The van der Waals surface area contributed by atoms with E-state index in [0.717, 1.165) is 18.4 Å². The highest BCUT2D eigenvalue weighted by atomic mass is 79.9. The van der Waals surface area contributed by atoms with Crippen LogP contribution in [0.3, 0.4) is 0 Å². The lowest BCUT2D eigenvalue weighted by molar-refractivity contribution is 0.0578. The summed E-state index contributed by atoms with van der Waals surface area (Å²) in [7, 11) is 0. The van der Waals surface area contributed by atoms with Gasteiger partial charge in [-0.3, -0.25) is 0 Å². The molecule has 0 amide bonds. The second-order valence-electron chi connectivity index (χ2n) is 3.55. The largest absolute Gasteiger partial charge is 0.450 e. The van der Waals surface area contributed by atoms with Crippen LogP contribution in [0.5, 0.6) is 0 Å². The number of halogens is 2. The molecule has 1 saturated carbocycles. The summed E-state index contributed by atoms with van der Waals surface area (Å²) in [5, 5.41) is 0. The highest BCUT2D eigenvalue weighted by Gasteiger charge is 2.25. The minimum Gasteiger partial charge on any atom is -0.450 e. The lowest BCUT2D eigenvalue weighted by atomic mass is 10.1. The van der Waals surface area contributed by atoms with Gasteiger partial charge in [0.25, 0.3) is 0 Å². The quantitative estimate of drug-likeness (QED) is 0.624. The van der Waals surface area contributed by atoms with Gasteiger partial charge in [0.15, 0.2) is 0 Å². The summed E-state index contributed by atoms with van der Waals surface area (Å²) >= 11 is 2.97. The number of ether oxygens (including phenoxy) is 1. The first-order valence-corrected chi connectivity index (χ1v) is 5.87. The van der Waals surface area contributed by atoms with Gasteiger partial charge < -0.3 is 4.74 Å². The van der Waals surface area contributed by atoms with Crippen molar-refractivity contribution in [2.45, 2.75) is 18.8 Å². The van der Waals surface area contributed by atoms with Gasteiger partial charge in [0, 0.05) is 0 Å². The van der Waals surface area contributed by atoms with Crippen LogP contribution >= 0.6 is 15.9 Å². The molecule has 15 heavy (non-hydrogen) atoms. The van der Waals surface area contributed by atoms with Crippen LogP contribution in [0.15, 0.2) is 18.2 Å². The summed E-state index contributed by atoms with van der Waals surface area (Å²) < 4.78 is 18.0. The number of benzene rings is 1. The standard InChI is InChI=1S/C11H10BrFO2/c12-6-15-11(14)9-5-8(7-1-2-7)3-4-10(9)13/h3-5,7H,1-2,6H2. The molecule has 80 valence electrons. The van der Waals surface area contributed by atoms with E-state index in [2.05, 4.69) is 15.9 Å². The summed E-state index contributed by atoms with van der Waals surface area (Å²) in [5.41, 5.74) is 1.13. The summed E-state index contributed by atoms with van der Waals surface area (Å²) in [6.07, 6.45) is 2.25. The van der Waals surface area contributed by atoms with E-state index in [1.54, 1.807) is 12.1 Å². The van der Waals surface area contributed by atoms with Crippen molar-refractivity contribution in [3.63, 3.8) is 0 Å². The van der Waals surface area contributed by atoms with Crippen molar-refractivity contribution in [1.29, 1.82) is 0 Å². The Labute approximate surface area is 95.6 Å². The molecule has 2 nitrogen and oxygen atoms in total. The van der Waals surface area contributed by atoms with Gasteiger partial charge in [-0.05, 0) is 52.4 Å². The number of alkyl halides is 1. The minimum atomic E-state index is -0.619. The molecule has 0 radical (unpaired) electrons. The molecule has 1 fully saturated rings. The van der Waals surface area contributed by atoms with Gasteiger partial charge >= 0.3 is 5.97 Å². The maximum atomic E-state index is 13.3. The van der Waals surface area contributed by atoms with Crippen molar-refractivity contribution in [2.75, 3.05) is 5.52 Å². The second kappa shape index (κ2) is 4.31. The Balaban J connectivity index is 2.27. The molecule has 1 aromatic carbocycles. The number of hydrogen-bond acceptors (Lipinski definition) is 2. The van der Waals surface area contributed by atoms with Crippen molar-refractivity contribution in [3.05, 3.63) is 35.1 Å². The molecule has 0 spiro atoms. The number of carbonyl (C=O) groups is 1. The zero-order valence-corrected chi connectivity index (χ0v) is 9.59. The van der Waals surface area contributed by atoms with Crippen molar-refractivity contribution in [2.24, 2.45) is 0 Å². The fraction of sp³-hybridized carbons (Fsp3) is 0.364. The molecule has 4 heteroatoms. The number of carbonyl (C=O) groups excluding carboxylic acids is 1. The summed E-state index contributed by atoms with van der Waals surface area (Å²) in [4.78, 5) is 11.4. The molecular weight excluding hydrogens is 263 g/mol. The Kier molecular flexibility index (Phi) is 3.05. The molecule has 0 heterocycles. The van der Waals surface area contributed by atoms with E-state index in [1.807, 2.05) is 0 Å². The highest BCUT2D eigenvalue weighted by Crippen LogP contribution is 2.40. The van der Waals surface area contributed by atoms with Crippen molar-refractivity contribution in [1.82, 2.24) is 0 Å². The van der Waals surface area contributed by atoms with Crippen LogP contribution in [0.2, 0.25) is 0 Å². The smallest absolute Gasteiger partial charge is 0.341 e. The molecular formula is C11H10BrFO2. The molecule has 2 rings (SSSR count). The van der Waals surface area contributed by atoms with Crippen LogP contribution in [0, 0.1) is 5.82 Å². The molecule has 0 unspecified atom stereocenters. The third-order valence-electron chi connectivity index (χ3n) is 2.44. The molecule has 0 aromatic heterocycles. The van der Waals surface area contributed by atoms with E-state index in [-0.39, 0.29) is 11.1 Å². The molecule has 0 aliphatic heterocycles. The Hall–Kier alpha value is -0.900. The third kappa shape index (κ3) is 2.37. The van der Waals surface area contributed by atoms with Gasteiger partial charge in [-0.15, -0.1) is 0 Å². The maximum Gasteiger partial charge on any atom is 0.341 e. The van der Waals surface area contributed by atoms with Gasteiger partial charge in [0.2, 0.25) is 0 Å². The van der Waals surface area contributed by atoms with Crippen LogP contribution in [-0.4, -0.2) is 11.5 Å².